The number of piperidine rings is 1. The van der Waals surface area contributed by atoms with Crippen LogP contribution in [0.1, 0.15) is 65.2 Å². The Balaban J connectivity index is 1.47. The Hall–Kier alpha value is -2.32. The van der Waals surface area contributed by atoms with Crippen LogP contribution in [-0.2, 0) is 6.42 Å². The molecule has 1 aliphatic rings. The highest BCUT2D eigenvalue weighted by molar-refractivity contribution is 7.13. The van der Waals surface area contributed by atoms with Crippen molar-refractivity contribution in [2.75, 3.05) is 31.5 Å². The molecule has 0 radical (unpaired) electrons. The molecule has 1 atom stereocenters. The lowest BCUT2D eigenvalue weighted by Gasteiger charge is -2.30. The van der Waals surface area contributed by atoms with Gasteiger partial charge in [0.2, 0.25) is 5.01 Å². The third-order valence-electron chi connectivity index (χ3n) is 5.30. The zero-order chi connectivity index (χ0) is 22.2. The van der Waals surface area contributed by atoms with Crippen molar-refractivity contribution in [2.45, 2.75) is 46.5 Å². The van der Waals surface area contributed by atoms with E-state index in [0.717, 1.165) is 43.4 Å². The largest absolute Gasteiger partial charge is 0.352 e. The van der Waals surface area contributed by atoms with Crippen LogP contribution in [0.4, 0.5) is 5.69 Å². The quantitative estimate of drug-likeness (QED) is 0.575. The zero-order valence-corrected chi connectivity index (χ0v) is 19.5. The average Bonchev–Trinajstić information content (AvgIpc) is 3.19. The van der Waals surface area contributed by atoms with Gasteiger partial charge in [0.05, 0.1) is 0 Å². The van der Waals surface area contributed by atoms with Gasteiger partial charge in [0.25, 0.3) is 11.8 Å². The Morgan fingerprint density at radius 1 is 1.26 bits per heavy atom. The van der Waals surface area contributed by atoms with Crippen molar-refractivity contribution in [3.8, 4) is 0 Å². The molecule has 0 aliphatic carbocycles. The maximum atomic E-state index is 12.5. The molecule has 7 nitrogen and oxygen atoms in total. The van der Waals surface area contributed by atoms with Crippen LogP contribution >= 0.6 is 11.3 Å². The number of nitrogens with zero attached hydrogens (tertiary/aromatic N) is 3. The van der Waals surface area contributed by atoms with Crippen molar-refractivity contribution in [1.29, 1.82) is 0 Å². The molecule has 1 aromatic carbocycles. The Bertz CT molecular complexity index is 882. The number of nitrogens with one attached hydrogen (secondary N) is 2. The van der Waals surface area contributed by atoms with E-state index in [4.69, 9.17) is 0 Å². The molecule has 1 fully saturated rings. The molecule has 2 heterocycles. The van der Waals surface area contributed by atoms with Crippen LogP contribution in [0.5, 0.6) is 0 Å². The molecular formula is C23H33N5O2S. The highest BCUT2D eigenvalue weighted by atomic mass is 32.1. The number of amides is 2. The molecule has 0 spiro atoms. The number of likely N-dealkylation sites (tertiary alicyclic amines) is 1. The summed E-state index contributed by atoms with van der Waals surface area (Å²) in [6.07, 6.45) is 4.32. The predicted octanol–water partition coefficient (Wildman–Crippen LogP) is 3.84. The average molecular weight is 444 g/mol. The molecule has 0 unspecified atom stereocenters. The number of aromatic nitrogens is 2. The molecule has 2 amide bonds. The van der Waals surface area contributed by atoms with Crippen LogP contribution in [0, 0.1) is 11.8 Å². The van der Waals surface area contributed by atoms with Crippen LogP contribution in [0.15, 0.2) is 24.3 Å². The maximum Gasteiger partial charge on any atom is 0.286 e. The van der Waals surface area contributed by atoms with Crippen LogP contribution < -0.4 is 10.6 Å². The fraction of sp³-hybridized carbons (Fsp3) is 0.565. The van der Waals surface area contributed by atoms with Crippen LogP contribution in [0.2, 0.25) is 0 Å². The summed E-state index contributed by atoms with van der Waals surface area (Å²) in [5.74, 6) is 0.796. The summed E-state index contributed by atoms with van der Waals surface area (Å²) in [6.45, 7) is 10.5. The summed E-state index contributed by atoms with van der Waals surface area (Å²) in [7, 11) is 0. The van der Waals surface area contributed by atoms with Gasteiger partial charge < -0.3 is 15.5 Å². The summed E-state index contributed by atoms with van der Waals surface area (Å²) in [4.78, 5) is 27.5. The summed E-state index contributed by atoms with van der Waals surface area (Å²) < 4.78 is 0. The minimum atomic E-state index is -0.305. The maximum absolute atomic E-state index is 12.5. The Kier molecular flexibility index (Phi) is 8.54. The topological polar surface area (TPSA) is 87.2 Å². The van der Waals surface area contributed by atoms with Crippen LogP contribution in [0.25, 0.3) is 0 Å². The molecule has 31 heavy (non-hydrogen) atoms. The van der Waals surface area contributed by atoms with E-state index in [-0.39, 0.29) is 11.8 Å². The van der Waals surface area contributed by atoms with Gasteiger partial charge in [-0.3, -0.25) is 9.59 Å². The van der Waals surface area contributed by atoms with Crippen molar-refractivity contribution in [3.05, 3.63) is 39.8 Å². The first kappa shape index (κ1) is 23.3. The van der Waals surface area contributed by atoms with Gasteiger partial charge in [-0.15, -0.1) is 10.2 Å². The Labute approximate surface area is 188 Å². The lowest BCUT2D eigenvalue weighted by Crippen LogP contribution is -2.36. The van der Waals surface area contributed by atoms with Gasteiger partial charge in [-0.05, 0) is 62.4 Å². The van der Waals surface area contributed by atoms with Gasteiger partial charge >= 0.3 is 0 Å². The van der Waals surface area contributed by atoms with E-state index in [1.807, 2.05) is 0 Å². The molecule has 1 aromatic heterocycles. The summed E-state index contributed by atoms with van der Waals surface area (Å²) in [5.41, 5.74) is 1.10. The van der Waals surface area contributed by atoms with Crippen molar-refractivity contribution in [3.63, 3.8) is 0 Å². The van der Waals surface area contributed by atoms with E-state index < -0.39 is 0 Å². The minimum absolute atomic E-state index is 0.127. The van der Waals surface area contributed by atoms with Crippen molar-refractivity contribution in [1.82, 2.24) is 20.4 Å². The molecule has 3 rings (SSSR count). The zero-order valence-electron chi connectivity index (χ0n) is 18.7. The normalized spacial score (nSPS) is 17.0. The van der Waals surface area contributed by atoms with Crippen LogP contribution in [-0.4, -0.2) is 53.1 Å². The lowest BCUT2D eigenvalue weighted by atomic mass is 10.0. The van der Waals surface area contributed by atoms with Gasteiger partial charge in [-0.1, -0.05) is 38.2 Å². The first-order valence-electron chi connectivity index (χ1n) is 11.1. The second kappa shape index (κ2) is 11.3. The molecule has 0 bridgehead atoms. The first-order chi connectivity index (χ1) is 14.9. The highest BCUT2D eigenvalue weighted by Gasteiger charge is 2.16. The summed E-state index contributed by atoms with van der Waals surface area (Å²) in [5, 5.41) is 15.1. The number of carbonyl (C=O) groups excluding carboxylic acids is 2. The van der Waals surface area contributed by atoms with Gasteiger partial charge in [0.15, 0.2) is 0 Å². The van der Waals surface area contributed by atoms with Crippen molar-refractivity contribution >= 4 is 28.8 Å². The number of hydrogen-bond donors (Lipinski definition) is 2. The van der Waals surface area contributed by atoms with Crippen molar-refractivity contribution < 1.29 is 9.59 Å². The number of carbonyl (C=O) groups is 2. The number of hydrogen-bond acceptors (Lipinski definition) is 6. The Morgan fingerprint density at radius 3 is 2.87 bits per heavy atom. The van der Waals surface area contributed by atoms with Gasteiger partial charge in [-0.2, -0.15) is 0 Å². The van der Waals surface area contributed by atoms with E-state index in [2.05, 4.69) is 46.5 Å². The molecule has 1 saturated heterocycles. The molecule has 0 saturated carbocycles. The second-order valence-electron chi connectivity index (χ2n) is 8.79. The molecule has 2 N–H and O–H groups in total. The lowest BCUT2D eigenvalue weighted by molar-refractivity contribution is 0.0948. The Morgan fingerprint density at radius 2 is 2.10 bits per heavy atom. The van der Waals surface area contributed by atoms with E-state index in [1.54, 1.807) is 24.3 Å². The molecule has 168 valence electrons. The molecular weight excluding hydrogens is 410 g/mol. The second-order valence-corrected chi connectivity index (χ2v) is 9.85. The van der Waals surface area contributed by atoms with Gasteiger partial charge in [-0.25, -0.2) is 0 Å². The standard InChI is InChI=1S/C23H33N5O2S/c1-16(2)13-20-26-27-23(31-20)22(30)25-19-9-4-8-18(14-19)21(29)24-10-6-12-28-11-5-7-17(3)15-28/h4,8-9,14,16-17H,5-7,10-13,15H2,1-3H3,(H,24,29)(H,25,30)/t17-/m0/s1. The first-order valence-corrected chi connectivity index (χ1v) is 12.0. The van der Waals surface area contributed by atoms with Gasteiger partial charge in [0, 0.05) is 30.8 Å². The SMILES string of the molecule is CC(C)Cc1nnc(C(=O)Nc2cccc(C(=O)NCCCN3CCC[C@H](C)C3)c2)s1. The van der Waals surface area contributed by atoms with E-state index in [1.165, 1.54) is 24.2 Å². The van der Waals surface area contributed by atoms with E-state index in [9.17, 15) is 9.59 Å². The third kappa shape index (κ3) is 7.40. The number of anilines is 1. The summed E-state index contributed by atoms with van der Waals surface area (Å²) >= 11 is 1.31. The fourth-order valence-electron chi connectivity index (χ4n) is 3.80. The van der Waals surface area contributed by atoms with E-state index in [0.29, 0.717) is 28.7 Å². The fourth-order valence-corrected chi connectivity index (χ4v) is 4.74. The monoisotopic (exact) mass is 443 g/mol. The molecule has 8 heteroatoms. The molecule has 1 aliphatic heterocycles. The van der Waals surface area contributed by atoms with Gasteiger partial charge in [0.1, 0.15) is 5.01 Å². The number of benzene rings is 1. The highest BCUT2D eigenvalue weighted by Crippen LogP contribution is 2.17. The third-order valence-corrected chi connectivity index (χ3v) is 6.25. The minimum Gasteiger partial charge on any atom is -0.352 e. The van der Waals surface area contributed by atoms with E-state index >= 15 is 0 Å². The smallest absolute Gasteiger partial charge is 0.286 e. The predicted molar refractivity (Wildman–Crippen MR) is 125 cm³/mol. The number of rotatable bonds is 9. The molecule has 2 aromatic rings. The summed E-state index contributed by atoms with van der Waals surface area (Å²) in [6, 6.07) is 6.98. The van der Waals surface area contributed by atoms with Crippen molar-refractivity contribution in [2.24, 2.45) is 11.8 Å². The van der Waals surface area contributed by atoms with Crippen LogP contribution in [0.3, 0.4) is 0 Å².